The molecule has 2 aliphatic rings. The zero-order valence-corrected chi connectivity index (χ0v) is 13.8. The Morgan fingerprint density at radius 1 is 1.30 bits per heavy atom. The summed E-state index contributed by atoms with van der Waals surface area (Å²) < 4.78 is 11.1. The molecule has 1 saturated heterocycles. The molecule has 0 unspecified atom stereocenters. The number of nitrogens with one attached hydrogen (secondary N) is 1. The summed E-state index contributed by atoms with van der Waals surface area (Å²) in [6, 6.07) is 2.33. The highest BCUT2D eigenvalue weighted by molar-refractivity contribution is 5.38. The smallest absolute Gasteiger partial charge is 0.218 e. The van der Waals surface area contributed by atoms with Crippen molar-refractivity contribution in [2.75, 3.05) is 31.6 Å². The summed E-state index contributed by atoms with van der Waals surface area (Å²) in [6.45, 7) is 5.82. The van der Waals surface area contributed by atoms with E-state index < -0.39 is 0 Å². The van der Waals surface area contributed by atoms with Crippen LogP contribution in [-0.2, 0) is 4.74 Å². The molecule has 1 N–H and O–H groups in total. The highest BCUT2D eigenvalue weighted by atomic mass is 16.5. The number of aromatic nitrogens is 2. The fraction of sp³-hybridized carbons (Fsp3) is 0.647. The SMILES string of the molecule is CCOc1cc(NC2CCN(C[C@@H]3CCC=CO3)CC2)ncn1. The maximum atomic E-state index is 5.67. The molecule has 1 atom stereocenters. The number of hydrogen-bond donors (Lipinski definition) is 1. The average molecular weight is 318 g/mol. The van der Waals surface area contributed by atoms with Crippen molar-refractivity contribution in [3.05, 3.63) is 24.7 Å². The maximum Gasteiger partial charge on any atom is 0.218 e. The van der Waals surface area contributed by atoms with Crippen molar-refractivity contribution < 1.29 is 9.47 Å². The molecule has 3 heterocycles. The number of allylic oxidation sites excluding steroid dienone is 1. The molecule has 23 heavy (non-hydrogen) atoms. The second-order valence-electron chi connectivity index (χ2n) is 6.10. The largest absolute Gasteiger partial charge is 0.497 e. The lowest BCUT2D eigenvalue weighted by molar-refractivity contribution is 0.0699. The van der Waals surface area contributed by atoms with E-state index in [1.165, 1.54) is 0 Å². The van der Waals surface area contributed by atoms with Gasteiger partial charge in [0.15, 0.2) is 0 Å². The van der Waals surface area contributed by atoms with Gasteiger partial charge in [-0.05, 0) is 38.7 Å². The van der Waals surface area contributed by atoms with Gasteiger partial charge in [-0.2, -0.15) is 0 Å². The van der Waals surface area contributed by atoms with Gasteiger partial charge in [-0.25, -0.2) is 9.97 Å². The summed E-state index contributed by atoms with van der Waals surface area (Å²) in [4.78, 5) is 10.9. The number of nitrogens with zero attached hydrogens (tertiary/aromatic N) is 3. The standard InChI is InChI=1S/C17H26N4O2/c1-2-22-17-11-16(18-13-19-17)20-14-6-8-21(9-7-14)12-15-5-3-4-10-23-15/h4,10-11,13-15H,2-3,5-9,12H2,1H3,(H,18,19,20)/t15-/m0/s1. The first-order chi connectivity index (χ1) is 11.3. The summed E-state index contributed by atoms with van der Waals surface area (Å²) in [6.07, 6.45) is 10.4. The molecular weight excluding hydrogens is 292 g/mol. The van der Waals surface area contributed by atoms with E-state index in [1.54, 1.807) is 6.33 Å². The van der Waals surface area contributed by atoms with Crippen molar-refractivity contribution in [3.63, 3.8) is 0 Å². The number of anilines is 1. The molecule has 126 valence electrons. The van der Waals surface area contributed by atoms with E-state index in [0.717, 1.165) is 51.1 Å². The van der Waals surface area contributed by atoms with Crippen LogP contribution in [0.25, 0.3) is 0 Å². The first-order valence-corrected chi connectivity index (χ1v) is 8.57. The van der Waals surface area contributed by atoms with E-state index in [0.29, 0.717) is 24.6 Å². The molecule has 0 radical (unpaired) electrons. The number of likely N-dealkylation sites (tertiary alicyclic amines) is 1. The Balaban J connectivity index is 1.43. The second-order valence-corrected chi connectivity index (χ2v) is 6.10. The molecule has 0 bridgehead atoms. The maximum absolute atomic E-state index is 5.67. The van der Waals surface area contributed by atoms with Gasteiger partial charge in [0.25, 0.3) is 0 Å². The summed E-state index contributed by atoms with van der Waals surface area (Å²) in [7, 11) is 0. The normalized spacial score (nSPS) is 22.6. The van der Waals surface area contributed by atoms with Crippen molar-refractivity contribution in [1.29, 1.82) is 0 Å². The van der Waals surface area contributed by atoms with Gasteiger partial charge in [-0.1, -0.05) is 0 Å². The van der Waals surface area contributed by atoms with Crippen molar-refractivity contribution >= 4 is 5.82 Å². The molecule has 0 aromatic carbocycles. The van der Waals surface area contributed by atoms with Crippen LogP contribution in [-0.4, -0.2) is 53.3 Å². The number of ether oxygens (including phenoxy) is 2. The molecule has 1 aromatic heterocycles. The van der Waals surface area contributed by atoms with Crippen LogP contribution in [0.4, 0.5) is 5.82 Å². The lowest BCUT2D eigenvalue weighted by Crippen LogP contribution is -2.43. The minimum Gasteiger partial charge on any atom is -0.497 e. The van der Waals surface area contributed by atoms with Crippen molar-refractivity contribution in [2.45, 2.75) is 44.8 Å². The van der Waals surface area contributed by atoms with Gasteiger partial charge < -0.3 is 14.8 Å². The summed E-state index contributed by atoms with van der Waals surface area (Å²) in [5.74, 6) is 1.48. The van der Waals surface area contributed by atoms with Gasteiger partial charge in [0.05, 0.1) is 12.9 Å². The Morgan fingerprint density at radius 2 is 2.17 bits per heavy atom. The minimum atomic E-state index is 0.361. The molecule has 0 saturated carbocycles. The van der Waals surface area contributed by atoms with E-state index in [2.05, 4.69) is 26.3 Å². The molecule has 2 aliphatic heterocycles. The predicted octanol–water partition coefficient (Wildman–Crippen LogP) is 2.44. The number of piperidine rings is 1. The third-order valence-electron chi connectivity index (χ3n) is 4.36. The quantitative estimate of drug-likeness (QED) is 0.869. The summed E-state index contributed by atoms with van der Waals surface area (Å²) >= 11 is 0. The van der Waals surface area contributed by atoms with Crippen LogP contribution in [0.2, 0.25) is 0 Å². The monoisotopic (exact) mass is 318 g/mol. The Bertz CT molecular complexity index is 515. The van der Waals surface area contributed by atoms with Crippen LogP contribution in [0.5, 0.6) is 5.88 Å². The Kier molecular flexibility index (Phi) is 5.69. The fourth-order valence-electron chi connectivity index (χ4n) is 3.12. The fourth-order valence-corrected chi connectivity index (χ4v) is 3.12. The van der Waals surface area contributed by atoms with Gasteiger partial charge in [0.1, 0.15) is 18.2 Å². The van der Waals surface area contributed by atoms with Gasteiger partial charge in [0.2, 0.25) is 5.88 Å². The van der Waals surface area contributed by atoms with Gasteiger partial charge in [-0.15, -0.1) is 0 Å². The Labute approximate surface area is 137 Å². The van der Waals surface area contributed by atoms with Crippen molar-refractivity contribution in [3.8, 4) is 5.88 Å². The molecule has 6 heteroatoms. The van der Waals surface area contributed by atoms with Crippen LogP contribution in [0, 0.1) is 0 Å². The second kappa shape index (κ2) is 8.15. The highest BCUT2D eigenvalue weighted by Crippen LogP contribution is 2.19. The van der Waals surface area contributed by atoms with E-state index in [9.17, 15) is 0 Å². The molecule has 0 spiro atoms. The molecule has 3 rings (SSSR count). The van der Waals surface area contributed by atoms with Crippen LogP contribution < -0.4 is 10.1 Å². The zero-order chi connectivity index (χ0) is 15.9. The Hall–Kier alpha value is -1.82. The number of rotatable bonds is 6. The first kappa shape index (κ1) is 16.1. The summed E-state index contributed by atoms with van der Waals surface area (Å²) in [5.41, 5.74) is 0. The highest BCUT2D eigenvalue weighted by Gasteiger charge is 2.22. The van der Waals surface area contributed by atoms with Crippen LogP contribution >= 0.6 is 0 Å². The molecule has 1 fully saturated rings. The van der Waals surface area contributed by atoms with E-state index in [-0.39, 0.29) is 0 Å². The summed E-state index contributed by atoms with van der Waals surface area (Å²) in [5, 5.41) is 3.50. The minimum absolute atomic E-state index is 0.361. The lowest BCUT2D eigenvalue weighted by atomic mass is 10.0. The topological polar surface area (TPSA) is 59.5 Å². The zero-order valence-electron chi connectivity index (χ0n) is 13.8. The van der Waals surface area contributed by atoms with E-state index >= 15 is 0 Å². The average Bonchev–Trinajstić information content (AvgIpc) is 2.58. The molecule has 0 amide bonds. The van der Waals surface area contributed by atoms with Crippen LogP contribution in [0.3, 0.4) is 0 Å². The van der Waals surface area contributed by atoms with Gasteiger partial charge >= 0.3 is 0 Å². The third-order valence-corrected chi connectivity index (χ3v) is 4.36. The molecule has 6 nitrogen and oxygen atoms in total. The van der Waals surface area contributed by atoms with Crippen LogP contribution in [0.1, 0.15) is 32.6 Å². The van der Waals surface area contributed by atoms with E-state index in [1.807, 2.05) is 19.3 Å². The van der Waals surface area contributed by atoms with Crippen LogP contribution in [0.15, 0.2) is 24.7 Å². The molecule has 1 aromatic rings. The first-order valence-electron chi connectivity index (χ1n) is 8.57. The number of hydrogen-bond acceptors (Lipinski definition) is 6. The predicted molar refractivity (Wildman–Crippen MR) is 89.5 cm³/mol. The lowest BCUT2D eigenvalue weighted by Gasteiger charge is -2.34. The van der Waals surface area contributed by atoms with Crippen molar-refractivity contribution in [1.82, 2.24) is 14.9 Å². The Morgan fingerprint density at radius 3 is 2.91 bits per heavy atom. The van der Waals surface area contributed by atoms with Gasteiger partial charge in [-0.3, -0.25) is 4.90 Å². The molecular formula is C17H26N4O2. The third kappa shape index (κ3) is 4.82. The van der Waals surface area contributed by atoms with E-state index in [4.69, 9.17) is 9.47 Å². The van der Waals surface area contributed by atoms with Gasteiger partial charge in [0, 0.05) is 31.7 Å². The van der Waals surface area contributed by atoms with Crippen molar-refractivity contribution in [2.24, 2.45) is 0 Å². The molecule has 0 aliphatic carbocycles.